The summed E-state index contributed by atoms with van der Waals surface area (Å²) in [5.74, 6) is 0.151. The van der Waals surface area contributed by atoms with Gasteiger partial charge in [0.2, 0.25) is 5.91 Å². The molecule has 1 aromatic heterocycles. The quantitative estimate of drug-likeness (QED) is 0.717. The van der Waals surface area contributed by atoms with E-state index < -0.39 is 30.5 Å². The van der Waals surface area contributed by atoms with Crippen LogP contribution in [0, 0.1) is 0 Å². The lowest BCUT2D eigenvalue weighted by molar-refractivity contribution is -0.160. The molecule has 0 aliphatic carbocycles. The van der Waals surface area contributed by atoms with Gasteiger partial charge >= 0.3 is 6.09 Å². The number of rotatable bonds is 4. The Labute approximate surface area is 173 Å². The number of carbonyl (C=O) groups is 2. The Morgan fingerprint density at radius 2 is 1.57 bits per heavy atom. The van der Waals surface area contributed by atoms with Gasteiger partial charge in [0.05, 0.1) is 12.3 Å². The summed E-state index contributed by atoms with van der Waals surface area (Å²) >= 11 is 0. The third-order valence-electron chi connectivity index (χ3n) is 5.43. The standard InChI is InChI=1S/C23H20N2O5/c26-21-19(25-17(14-29-23(25)27)15-8-3-1-4-9-15)20(18-12-7-13-28-18)30-22(24-21)16-10-5-2-6-11-16/h1-13,17,19-20,22H,14H2,(H,24,26)/t17-,19?,20?,22?/m1/s1. The monoisotopic (exact) mass is 404 g/mol. The number of cyclic esters (lactones) is 1. The molecule has 30 heavy (non-hydrogen) atoms. The highest BCUT2D eigenvalue weighted by molar-refractivity contribution is 5.88. The molecule has 3 heterocycles. The zero-order valence-corrected chi connectivity index (χ0v) is 16.0. The summed E-state index contributed by atoms with van der Waals surface area (Å²) in [6, 6.07) is 21.1. The largest absolute Gasteiger partial charge is 0.466 e. The molecule has 2 amide bonds. The lowest BCUT2D eigenvalue weighted by Crippen LogP contribution is -2.57. The molecule has 152 valence electrons. The molecule has 0 radical (unpaired) electrons. The minimum atomic E-state index is -0.934. The van der Waals surface area contributed by atoms with Gasteiger partial charge in [0, 0.05) is 5.56 Å². The van der Waals surface area contributed by atoms with Crippen molar-refractivity contribution in [2.45, 2.75) is 24.4 Å². The van der Waals surface area contributed by atoms with Gasteiger partial charge in [-0.3, -0.25) is 9.69 Å². The van der Waals surface area contributed by atoms with E-state index in [0.29, 0.717) is 5.76 Å². The summed E-state index contributed by atoms with van der Waals surface area (Å²) in [5, 5.41) is 2.89. The van der Waals surface area contributed by atoms with Gasteiger partial charge in [-0.05, 0) is 17.7 Å². The fourth-order valence-corrected chi connectivity index (χ4v) is 4.02. The molecule has 0 saturated carbocycles. The Hall–Kier alpha value is -3.58. The number of ether oxygens (including phenoxy) is 2. The number of carbonyl (C=O) groups excluding carboxylic acids is 2. The summed E-state index contributed by atoms with van der Waals surface area (Å²) < 4.78 is 17.2. The zero-order valence-electron chi connectivity index (χ0n) is 16.0. The number of nitrogens with one attached hydrogen (secondary N) is 1. The normalized spacial score (nSPS) is 26.3. The van der Waals surface area contributed by atoms with E-state index in [0.717, 1.165) is 11.1 Å². The molecule has 1 N–H and O–H groups in total. The molecule has 7 heteroatoms. The number of hydrogen-bond acceptors (Lipinski definition) is 5. The zero-order chi connectivity index (χ0) is 20.5. The first kappa shape index (κ1) is 18.4. The SMILES string of the molecule is O=C1NC(c2ccccc2)OC(c2ccco2)C1N1C(=O)OC[C@@H]1c1ccccc1. The van der Waals surface area contributed by atoms with Crippen molar-refractivity contribution >= 4 is 12.0 Å². The van der Waals surface area contributed by atoms with Crippen molar-refractivity contribution in [3.63, 3.8) is 0 Å². The Bertz CT molecular complexity index is 1020. The first-order valence-electron chi connectivity index (χ1n) is 9.76. The van der Waals surface area contributed by atoms with Crippen LogP contribution in [0.4, 0.5) is 4.79 Å². The third-order valence-corrected chi connectivity index (χ3v) is 5.43. The van der Waals surface area contributed by atoms with Crippen molar-refractivity contribution in [2.24, 2.45) is 0 Å². The van der Waals surface area contributed by atoms with Crippen molar-refractivity contribution in [1.82, 2.24) is 10.2 Å². The molecule has 2 aliphatic heterocycles. The van der Waals surface area contributed by atoms with Crippen LogP contribution >= 0.6 is 0 Å². The Morgan fingerprint density at radius 3 is 2.23 bits per heavy atom. The molecular weight excluding hydrogens is 384 g/mol. The number of furan rings is 1. The van der Waals surface area contributed by atoms with Crippen molar-refractivity contribution in [3.05, 3.63) is 95.9 Å². The van der Waals surface area contributed by atoms with Crippen molar-refractivity contribution < 1.29 is 23.5 Å². The summed E-state index contributed by atoms with van der Waals surface area (Å²) in [6.45, 7) is 0.166. The molecule has 2 fully saturated rings. The van der Waals surface area contributed by atoms with Gasteiger partial charge in [-0.25, -0.2) is 4.79 Å². The van der Waals surface area contributed by atoms with Crippen LogP contribution in [-0.4, -0.2) is 29.5 Å². The highest BCUT2D eigenvalue weighted by atomic mass is 16.6. The smallest absolute Gasteiger partial charge is 0.411 e. The average molecular weight is 404 g/mol. The van der Waals surface area contributed by atoms with Gasteiger partial charge < -0.3 is 19.2 Å². The molecule has 5 rings (SSSR count). The molecule has 0 spiro atoms. The first-order valence-corrected chi connectivity index (χ1v) is 9.76. The summed E-state index contributed by atoms with van der Waals surface area (Å²) in [4.78, 5) is 27.5. The lowest BCUT2D eigenvalue weighted by atomic mass is 9.98. The molecule has 3 aromatic rings. The topological polar surface area (TPSA) is 81.0 Å². The number of amides is 2. The molecule has 3 unspecified atom stereocenters. The number of hydrogen-bond donors (Lipinski definition) is 1. The minimum Gasteiger partial charge on any atom is -0.466 e. The second kappa shape index (κ2) is 7.68. The minimum absolute atomic E-state index is 0.166. The van der Waals surface area contributed by atoms with E-state index >= 15 is 0 Å². The molecule has 7 nitrogen and oxygen atoms in total. The number of benzene rings is 2. The summed E-state index contributed by atoms with van der Waals surface area (Å²) in [5.41, 5.74) is 1.70. The third kappa shape index (κ3) is 3.23. The maximum absolute atomic E-state index is 13.3. The number of nitrogens with zero attached hydrogens (tertiary/aromatic N) is 1. The van der Waals surface area contributed by atoms with Crippen LogP contribution in [0.25, 0.3) is 0 Å². The van der Waals surface area contributed by atoms with Crippen LogP contribution in [0.1, 0.15) is 35.3 Å². The van der Waals surface area contributed by atoms with Gasteiger partial charge in [0.25, 0.3) is 0 Å². The van der Waals surface area contributed by atoms with E-state index in [-0.39, 0.29) is 12.5 Å². The van der Waals surface area contributed by atoms with E-state index in [2.05, 4.69) is 5.32 Å². The van der Waals surface area contributed by atoms with Crippen molar-refractivity contribution in [3.8, 4) is 0 Å². The lowest BCUT2D eigenvalue weighted by Gasteiger charge is -2.40. The summed E-state index contributed by atoms with van der Waals surface area (Å²) in [7, 11) is 0. The summed E-state index contributed by atoms with van der Waals surface area (Å²) in [6.07, 6.45) is -0.464. The van der Waals surface area contributed by atoms with Gasteiger partial charge in [0.1, 0.15) is 24.5 Å². The van der Waals surface area contributed by atoms with Crippen LogP contribution in [0.15, 0.2) is 83.5 Å². The van der Waals surface area contributed by atoms with Gasteiger partial charge in [0.15, 0.2) is 6.23 Å². The highest BCUT2D eigenvalue weighted by Crippen LogP contribution is 2.40. The van der Waals surface area contributed by atoms with Crippen LogP contribution in [0.3, 0.4) is 0 Å². The van der Waals surface area contributed by atoms with E-state index in [1.165, 1.54) is 11.2 Å². The fourth-order valence-electron chi connectivity index (χ4n) is 4.02. The molecule has 0 bridgehead atoms. The van der Waals surface area contributed by atoms with Gasteiger partial charge in [-0.1, -0.05) is 60.7 Å². The predicted molar refractivity (Wildman–Crippen MR) is 106 cm³/mol. The van der Waals surface area contributed by atoms with E-state index in [1.807, 2.05) is 60.7 Å². The van der Waals surface area contributed by atoms with Crippen LogP contribution < -0.4 is 5.32 Å². The van der Waals surface area contributed by atoms with Gasteiger partial charge in [-0.15, -0.1) is 0 Å². The van der Waals surface area contributed by atoms with Crippen LogP contribution in [-0.2, 0) is 14.3 Å². The predicted octanol–water partition coefficient (Wildman–Crippen LogP) is 3.73. The highest BCUT2D eigenvalue weighted by Gasteiger charge is 2.50. The first-order chi connectivity index (χ1) is 14.7. The maximum atomic E-state index is 13.3. The second-order valence-electron chi connectivity index (χ2n) is 7.23. The van der Waals surface area contributed by atoms with E-state index in [4.69, 9.17) is 13.9 Å². The van der Waals surface area contributed by atoms with Crippen molar-refractivity contribution in [2.75, 3.05) is 6.61 Å². The van der Waals surface area contributed by atoms with Gasteiger partial charge in [-0.2, -0.15) is 0 Å². The Morgan fingerprint density at radius 1 is 0.867 bits per heavy atom. The molecule has 2 saturated heterocycles. The fraction of sp³-hybridized carbons (Fsp3) is 0.217. The van der Waals surface area contributed by atoms with Crippen LogP contribution in [0.5, 0.6) is 0 Å². The molecule has 2 aromatic carbocycles. The Kier molecular flexibility index (Phi) is 4.72. The molecular formula is C23H20N2O5. The molecule has 4 atom stereocenters. The average Bonchev–Trinajstić information content (AvgIpc) is 3.45. The van der Waals surface area contributed by atoms with Crippen molar-refractivity contribution in [1.29, 1.82) is 0 Å². The van der Waals surface area contributed by atoms with Crippen LogP contribution in [0.2, 0.25) is 0 Å². The van der Waals surface area contributed by atoms with E-state index in [1.54, 1.807) is 12.1 Å². The van der Waals surface area contributed by atoms with E-state index in [9.17, 15) is 9.59 Å². The Balaban J connectivity index is 1.52. The molecule has 2 aliphatic rings. The maximum Gasteiger partial charge on any atom is 0.411 e. The second-order valence-corrected chi connectivity index (χ2v) is 7.23.